The molecule has 35 heavy (non-hydrogen) atoms. The highest BCUT2D eigenvalue weighted by Gasteiger charge is 2.18. The van der Waals surface area contributed by atoms with Crippen LogP contribution in [0.15, 0.2) is 66.7 Å². The summed E-state index contributed by atoms with van der Waals surface area (Å²) in [6.07, 6.45) is 4.62. The van der Waals surface area contributed by atoms with Crippen LogP contribution in [0.25, 0.3) is 0 Å². The van der Waals surface area contributed by atoms with Crippen LogP contribution >= 0.6 is 0 Å². The molecule has 0 radical (unpaired) electrons. The van der Waals surface area contributed by atoms with E-state index in [0.717, 1.165) is 31.6 Å². The lowest BCUT2D eigenvalue weighted by atomic mass is 10.1. The Hall–Kier alpha value is -4.20. The minimum atomic E-state index is -0.383. The number of benzene rings is 3. The lowest BCUT2D eigenvalue weighted by molar-refractivity contribution is 0.102. The number of fused-ring (bicyclic) bond motifs is 1. The predicted octanol–water partition coefficient (Wildman–Crippen LogP) is 5.69. The first-order valence-electron chi connectivity index (χ1n) is 11.9. The number of ether oxygens (including phenoxy) is 2. The summed E-state index contributed by atoms with van der Waals surface area (Å²) in [6.45, 7) is 2.02. The minimum absolute atomic E-state index is 0.172. The summed E-state index contributed by atoms with van der Waals surface area (Å²) in [5.41, 5.74) is 3.34. The van der Waals surface area contributed by atoms with E-state index in [1.807, 2.05) is 30.3 Å². The molecule has 2 aliphatic rings. The van der Waals surface area contributed by atoms with Crippen molar-refractivity contribution in [3.05, 3.63) is 72.3 Å². The van der Waals surface area contributed by atoms with Gasteiger partial charge in [0.1, 0.15) is 0 Å². The Balaban J connectivity index is 1.36. The lowest BCUT2D eigenvalue weighted by Gasteiger charge is -2.26. The van der Waals surface area contributed by atoms with E-state index in [4.69, 9.17) is 9.47 Å². The summed E-state index contributed by atoms with van der Waals surface area (Å²) in [6, 6.07) is 19.6. The molecule has 0 bridgehead atoms. The molecule has 2 heterocycles. The molecule has 2 aliphatic heterocycles. The first-order valence-corrected chi connectivity index (χ1v) is 11.9. The first-order chi connectivity index (χ1) is 17.2. The van der Waals surface area contributed by atoms with Crippen molar-refractivity contribution in [2.24, 2.45) is 0 Å². The molecule has 0 saturated carbocycles. The zero-order chi connectivity index (χ0) is 24.0. The fourth-order valence-electron chi connectivity index (χ4n) is 4.35. The quantitative estimate of drug-likeness (QED) is 0.444. The summed E-state index contributed by atoms with van der Waals surface area (Å²) in [5.74, 6) is 1.05. The third-order valence-electron chi connectivity index (χ3n) is 6.12. The summed E-state index contributed by atoms with van der Waals surface area (Å²) < 4.78 is 10.7. The van der Waals surface area contributed by atoms with Gasteiger partial charge in [0.25, 0.3) is 5.91 Å². The van der Waals surface area contributed by atoms with Crippen molar-refractivity contribution in [3.63, 3.8) is 0 Å². The SMILES string of the molecule is O=C(Nc1ccc2c(c1)OCO2)Nc1cc(NC(=O)c2ccccc2)ccc1N1CCCCCC1. The minimum Gasteiger partial charge on any atom is -0.454 e. The Bertz CT molecular complexity index is 1210. The van der Waals surface area contributed by atoms with Crippen molar-refractivity contribution in [2.75, 3.05) is 40.7 Å². The van der Waals surface area contributed by atoms with Gasteiger partial charge in [0.2, 0.25) is 6.79 Å². The number of hydrogen-bond acceptors (Lipinski definition) is 5. The van der Waals surface area contributed by atoms with Gasteiger partial charge in [0.05, 0.1) is 11.4 Å². The van der Waals surface area contributed by atoms with Gasteiger partial charge in [-0.05, 0) is 55.3 Å². The van der Waals surface area contributed by atoms with Crippen LogP contribution in [0, 0.1) is 0 Å². The number of nitrogens with zero attached hydrogens (tertiary/aromatic N) is 1. The molecule has 0 aliphatic carbocycles. The van der Waals surface area contributed by atoms with Gasteiger partial charge in [-0.3, -0.25) is 4.79 Å². The Labute approximate surface area is 204 Å². The van der Waals surface area contributed by atoms with E-state index in [-0.39, 0.29) is 18.7 Å². The molecule has 8 nitrogen and oxygen atoms in total. The van der Waals surface area contributed by atoms with Crippen molar-refractivity contribution in [3.8, 4) is 11.5 Å². The van der Waals surface area contributed by atoms with E-state index in [1.165, 1.54) is 12.8 Å². The molecule has 0 aromatic heterocycles. The smallest absolute Gasteiger partial charge is 0.323 e. The summed E-state index contributed by atoms with van der Waals surface area (Å²) in [7, 11) is 0. The van der Waals surface area contributed by atoms with Gasteiger partial charge in [0, 0.05) is 36.1 Å². The van der Waals surface area contributed by atoms with E-state index in [2.05, 4.69) is 20.9 Å². The maximum absolute atomic E-state index is 12.9. The maximum Gasteiger partial charge on any atom is 0.323 e. The van der Waals surface area contributed by atoms with Gasteiger partial charge in [-0.2, -0.15) is 0 Å². The Morgan fingerprint density at radius 1 is 0.714 bits per heavy atom. The molecule has 3 N–H and O–H groups in total. The van der Waals surface area contributed by atoms with E-state index in [0.29, 0.717) is 34.1 Å². The zero-order valence-corrected chi connectivity index (χ0v) is 19.4. The second kappa shape index (κ2) is 10.4. The molecule has 3 amide bonds. The second-order valence-electron chi connectivity index (χ2n) is 8.60. The molecular weight excluding hydrogens is 444 g/mol. The zero-order valence-electron chi connectivity index (χ0n) is 19.4. The highest BCUT2D eigenvalue weighted by Crippen LogP contribution is 2.35. The van der Waals surface area contributed by atoms with Crippen LogP contribution < -0.4 is 30.3 Å². The maximum atomic E-state index is 12.9. The highest BCUT2D eigenvalue weighted by molar-refractivity contribution is 6.06. The third kappa shape index (κ3) is 5.48. The number of amides is 3. The molecule has 8 heteroatoms. The van der Waals surface area contributed by atoms with Crippen LogP contribution in [0.4, 0.5) is 27.5 Å². The average molecular weight is 473 g/mol. The van der Waals surface area contributed by atoms with Crippen molar-refractivity contribution in [1.29, 1.82) is 0 Å². The molecule has 3 aromatic rings. The Morgan fingerprint density at radius 3 is 2.23 bits per heavy atom. The fourth-order valence-corrected chi connectivity index (χ4v) is 4.35. The topological polar surface area (TPSA) is 91.9 Å². The first kappa shape index (κ1) is 22.6. The number of carbonyl (C=O) groups is 2. The standard InChI is InChI=1S/C27H28N4O4/c32-26(19-8-4-3-5-9-19)28-20-10-12-23(31-14-6-1-2-7-15-31)22(16-20)30-27(33)29-21-11-13-24-25(17-21)35-18-34-24/h3-5,8-13,16-17H,1-2,6-7,14-15,18H2,(H,28,32)(H2,29,30,33). The summed E-state index contributed by atoms with van der Waals surface area (Å²) >= 11 is 0. The summed E-state index contributed by atoms with van der Waals surface area (Å²) in [5, 5.41) is 8.77. The number of anilines is 4. The molecule has 1 saturated heterocycles. The van der Waals surface area contributed by atoms with Crippen molar-refractivity contribution < 1.29 is 19.1 Å². The predicted molar refractivity (Wildman–Crippen MR) is 137 cm³/mol. The normalized spacial score (nSPS) is 14.7. The largest absolute Gasteiger partial charge is 0.454 e. The molecule has 180 valence electrons. The van der Waals surface area contributed by atoms with Crippen molar-refractivity contribution >= 4 is 34.7 Å². The van der Waals surface area contributed by atoms with Crippen LogP contribution in [0.2, 0.25) is 0 Å². The van der Waals surface area contributed by atoms with Crippen LogP contribution in [0.1, 0.15) is 36.0 Å². The van der Waals surface area contributed by atoms with Gasteiger partial charge < -0.3 is 30.3 Å². The van der Waals surface area contributed by atoms with Crippen LogP contribution in [-0.2, 0) is 0 Å². The number of urea groups is 1. The third-order valence-corrected chi connectivity index (χ3v) is 6.12. The van der Waals surface area contributed by atoms with E-state index >= 15 is 0 Å². The van der Waals surface area contributed by atoms with Crippen LogP contribution in [0.3, 0.4) is 0 Å². The molecule has 1 fully saturated rings. The monoisotopic (exact) mass is 472 g/mol. The van der Waals surface area contributed by atoms with E-state index in [9.17, 15) is 9.59 Å². The molecular formula is C27H28N4O4. The molecule has 5 rings (SSSR count). The van der Waals surface area contributed by atoms with Gasteiger partial charge in [-0.25, -0.2) is 4.79 Å². The van der Waals surface area contributed by atoms with Crippen LogP contribution in [0.5, 0.6) is 11.5 Å². The molecule has 0 atom stereocenters. The van der Waals surface area contributed by atoms with Gasteiger partial charge >= 0.3 is 6.03 Å². The van der Waals surface area contributed by atoms with Gasteiger partial charge in [-0.1, -0.05) is 31.0 Å². The fraction of sp³-hybridized carbons (Fsp3) is 0.259. The Morgan fingerprint density at radius 2 is 1.43 bits per heavy atom. The average Bonchev–Trinajstić information content (AvgIpc) is 3.17. The molecule has 0 spiro atoms. The summed E-state index contributed by atoms with van der Waals surface area (Å²) in [4.78, 5) is 27.9. The Kier molecular flexibility index (Phi) is 6.70. The van der Waals surface area contributed by atoms with Crippen LogP contribution in [-0.4, -0.2) is 31.8 Å². The van der Waals surface area contributed by atoms with Gasteiger partial charge in [0.15, 0.2) is 11.5 Å². The number of carbonyl (C=O) groups excluding carboxylic acids is 2. The number of nitrogens with one attached hydrogen (secondary N) is 3. The number of hydrogen-bond donors (Lipinski definition) is 3. The van der Waals surface area contributed by atoms with E-state index < -0.39 is 0 Å². The van der Waals surface area contributed by atoms with E-state index in [1.54, 1.807) is 36.4 Å². The van der Waals surface area contributed by atoms with Gasteiger partial charge in [-0.15, -0.1) is 0 Å². The molecule has 0 unspecified atom stereocenters. The van der Waals surface area contributed by atoms with Crippen molar-refractivity contribution in [2.45, 2.75) is 25.7 Å². The molecule has 3 aromatic carbocycles. The highest BCUT2D eigenvalue weighted by atomic mass is 16.7. The lowest BCUT2D eigenvalue weighted by Crippen LogP contribution is -2.27. The second-order valence-corrected chi connectivity index (χ2v) is 8.60. The van der Waals surface area contributed by atoms with Crippen molar-refractivity contribution in [1.82, 2.24) is 0 Å². The number of rotatable bonds is 5.